The summed E-state index contributed by atoms with van der Waals surface area (Å²) in [7, 11) is 0. The molecule has 2 heteroatoms. The Morgan fingerprint density at radius 3 is 1.50 bits per heavy atom. The van der Waals surface area contributed by atoms with Gasteiger partial charge in [0.1, 0.15) is 11.5 Å². The lowest BCUT2D eigenvalue weighted by molar-refractivity contribution is 0.459. The molecule has 2 N–H and O–H groups in total. The third kappa shape index (κ3) is 2.88. The van der Waals surface area contributed by atoms with Gasteiger partial charge in [0.15, 0.2) is 0 Å². The van der Waals surface area contributed by atoms with Crippen LogP contribution in [0.4, 0.5) is 0 Å². The molecule has 0 radical (unpaired) electrons. The highest BCUT2D eigenvalue weighted by Crippen LogP contribution is 2.44. The Balaban J connectivity index is 2.16. The van der Waals surface area contributed by atoms with Crippen molar-refractivity contribution in [3.63, 3.8) is 0 Å². The fraction of sp³-hybridized carbons (Fsp3) is 0.182. The monoisotopic (exact) mass is 318 g/mol. The van der Waals surface area contributed by atoms with Gasteiger partial charge in [-0.05, 0) is 46.9 Å². The lowest BCUT2D eigenvalue weighted by atomic mass is 9.65. The van der Waals surface area contributed by atoms with Crippen LogP contribution < -0.4 is 0 Å². The number of benzene rings is 3. The van der Waals surface area contributed by atoms with Crippen LogP contribution in [0.15, 0.2) is 78.9 Å². The first-order valence-electron chi connectivity index (χ1n) is 8.16. The topological polar surface area (TPSA) is 40.5 Å². The maximum atomic E-state index is 9.65. The Kier molecular flexibility index (Phi) is 4.30. The highest BCUT2D eigenvalue weighted by atomic mass is 16.3. The second kappa shape index (κ2) is 6.40. The Morgan fingerprint density at radius 2 is 1.08 bits per heavy atom. The average molecular weight is 318 g/mol. The van der Waals surface area contributed by atoms with Crippen LogP contribution >= 0.6 is 0 Å². The largest absolute Gasteiger partial charge is 0.508 e. The maximum Gasteiger partial charge on any atom is 0.115 e. The van der Waals surface area contributed by atoms with Crippen molar-refractivity contribution in [3.05, 3.63) is 95.6 Å². The molecule has 0 spiro atoms. The molecule has 1 unspecified atom stereocenters. The van der Waals surface area contributed by atoms with Crippen LogP contribution in [0.2, 0.25) is 0 Å². The van der Waals surface area contributed by atoms with Gasteiger partial charge in [0.2, 0.25) is 0 Å². The van der Waals surface area contributed by atoms with E-state index in [0.29, 0.717) is 0 Å². The summed E-state index contributed by atoms with van der Waals surface area (Å²) in [6.45, 7) is 4.43. The van der Waals surface area contributed by atoms with Crippen LogP contribution in [0.25, 0.3) is 0 Å². The first-order chi connectivity index (χ1) is 11.5. The summed E-state index contributed by atoms with van der Waals surface area (Å²) >= 11 is 0. The molecule has 0 heterocycles. The summed E-state index contributed by atoms with van der Waals surface area (Å²) < 4.78 is 0. The lowest BCUT2D eigenvalue weighted by Gasteiger charge is -2.37. The second-order valence-electron chi connectivity index (χ2n) is 6.43. The van der Waals surface area contributed by atoms with Gasteiger partial charge in [-0.3, -0.25) is 0 Å². The Hall–Kier alpha value is -2.74. The van der Waals surface area contributed by atoms with Crippen molar-refractivity contribution in [2.75, 3.05) is 0 Å². The molecular weight excluding hydrogens is 296 g/mol. The Bertz CT molecular complexity index is 744. The van der Waals surface area contributed by atoms with E-state index in [1.54, 1.807) is 24.3 Å². The van der Waals surface area contributed by atoms with Crippen LogP contribution in [-0.4, -0.2) is 10.2 Å². The molecule has 0 saturated carbocycles. The molecule has 122 valence electrons. The molecule has 0 aliphatic rings. The molecule has 3 aromatic rings. The van der Waals surface area contributed by atoms with Gasteiger partial charge in [0.05, 0.1) is 0 Å². The van der Waals surface area contributed by atoms with Crippen LogP contribution in [0.1, 0.15) is 36.5 Å². The zero-order valence-corrected chi connectivity index (χ0v) is 14.0. The molecule has 2 nitrogen and oxygen atoms in total. The number of rotatable bonds is 4. The Morgan fingerprint density at radius 1 is 0.667 bits per heavy atom. The summed E-state index contributed by atoms with van der Waals surface area (Å²) in [6, 6.07) is 25.2. The SMILES string of the molecule is CC(c1ccccc1)C(C)(c1ccc(O)cc1)c1ccc(O)cc1. The van der Waals surface area contributed by atoms with Gasteiger partial charge in [-0.1, -0.05) is 68.4 Å². The lowest BCUT2D eigenvalue weighted by Crippen LogP contribution is -2.30. The Labute approximate surface area is 143 Å². The van der Waals surface area contributed by atoms with Crippen molar-refractivity contribution in [1.29, 1.82) is 0 Å². The summed E-state index contributed by atoms with van der Waals surface area (Å²) in [5, 5.41) is 19.3. The third-order valence-electron chi connectivity index (χ3n) is 5.10. The predicted octanol–water partition coefficient (Wildman–Crippen LogP) is 5.21. The molecule has 24 heavy (non-hydrogen) atoms. The van der Waals surface area contributed by atoms with E-state index in [9.17, 15) is 10.2 Å². The van der Waals surface area contributed by atoms with Crippen molar-refractivity contribution in [2.24, 2.45) is 0 Å². The molecular formula is C22H22O2. The molecule has 0 amide bonds. The molecule has 0 aliphatic heterocycles. The maximum absolute atomic E-state index is 9.65. The van der Waals surface area contributed by atoms with E-state index in [0.717, 1.165) is 11.1 Å². The average Bonchev–Trinajstić information content (AvgIpc) is 2.62. The number of phenolic OH excluding ortho intramolecular Hbond substituents is 2. The van der Waals surface area contributed by atoms with Gasteiger partial charge in [-0.25, -0.2) is 0 Å². The highest BCUT2D eigenvalue weighted by molar-refractivity contribution is 5.46. The van der Waals surface area contributed by atoms with E-state index >= 15 is 0 Å². The quantitative estimate of drug-likeness (QED) is 0.693. The van der Waals surface area contributed by atoms with Crippen LogP contribution in [0.3, 0.4) is 0 Å². The van der Waals surface area contributed by atoms with Crippen molar-refractivity contribution in [3.8, 4) is 11.5 Å². The van der Waals surface area contributed by atoms with E-state index < -0.39 is 0 Å². The second-order valence-corrected chi connectivity index (χ2v) is 6.43. The van der Waals surface area contributed by atoms with Gasteiger partial charge in [-0.15, -0.1) is 0 Å². The van der Waals surface area contributed by atoms with E-state index in [2.05, 4.69) is 38.1 Å². The number of hydrogen-bond acceptors (Lipinski definition) is 2. The van der Waals surface area contributed by atoms with Crippen LogP contribution in [-0.2, 0) is 5.41 Å². The standard InChI is InChI=1S/C22H22O2/c1-16(17-6-4-3-5-7-17)22(2,18-8-12-20(23)13-9-18)19-10-14-21(24)15-11-19/h3-16,23-24H,1-2H3. The summed E-state index contributed by atoms with van der Waals surface area (Å²) in [6.07, 6.45) is 0. The minimum Gasteiger partial charge on any atom is -0.508 e. The fourth-order valence-corrected chi connectivity index (χ4v) is 3.36. The van der Waals surface area contributed by atoms with E-state index in [1.165, 1.54) is 5.56 Å². The molecule has 3 aromatic carbocycles. The van der Waals surface area contributed by atoms with Gasteiger partial charge in [0.25, 0.3) is 0 Å². The summed E-state index contributed by atoms with van der Waals surface area (Å²) in [5.74, 6) is 0.742. The van der Waals surface area contributed by atoms with Crippen molar-refractivity contribution >= 4 is 0 Å². The zero-order valence-electron chi connectivity index (χ0n) is 14.0. The van der Waals surface area contributed by atoms with Crippen molar-refractivity contribution in [1.82, 2.24) is 0 Å². The third-order valence-corrected chi connectivity index (χ3v) is 5.10. The van der Waals surface area contributed by atoms with E-state index in [4.69, 9.17) is 0 Å². The molecule has 3 rings (SSSR count). The first-order valence-corrected chi connectivity index (χ1v) is 8.16. The van der Waals surface area contributed by atoms with Gasteiger partial charge in [-0.2, -0.15) is 0 Å². The molecule has 0 saturated heterocycles. The smallest absolute Gasteiger partial charge is 0.115 e. The van der Waals surface area contributed by atoms with Gasteiger partial charge >= 0.3 is 0 Å². The molecule has 0 fully saturated rings. The number of aromatic hydroxyl groups is 2. The summed E-state index contributed by atoms with van der Waals surface area (Å²) in [4.78, 5) is 0. The minimum absolute atomic E-state index is 0.216. The van der Waals surface area contributed by atoms with Crippen molar-refractivity contribution < 1.29 is 10.2 Å². The molecule has 1 atom stereocenters. The predicted molar refractivity (Wildman–Crippen MR) is 97.5 cm³/mol. The van der Waals surface area contributed by atoms with Gasteiger partial charge < -0.3 is 10.2 Å². The number of hydrogen-bond donors (Lipinski definition) is 2. The molecule has 0 aliphatic carbocycles. The fourth-order valence-electron chi connectivity index (χ4n) is 3.36. The van der Waals surface area contributed by atoms with Gasteiger partial charge in [0, 0.05) is 5.41 Å². The molecule has 0 bridgehead atoms. The summed E-state index contributed by atoms with van der Waals surface area (Å²) in [5.41, 5.74) is 3.22. The van der Waals surface area contributed by atoms with E-state index in [1.807, 2.05) is 30.3 Å². The van der Waals surface area contributed by atoms with Crippen LogP contribution in [0.5, 0.6) is 11.5 Å². The first kappa shape index (κ1) is 16.1. The zero-order chi connectivity index (χ0) is 17.2. The van der Waals surface area contributed by atoms with Crippen LogP contribution in [0, 0.1) is 0 Å². The molecule has 0 aromatic heterocycles. The van der Waals surface area contributed by atoms with E-state index in [-0.39, 0.29) is 22.8 Å². The minimum atomic E-state index is -0.289. The highest BCUT2D eigenvalue weighted by Gasteiger charge is 2.35. The van der Waals surface area contributed by atoms with Crippen molar-refractivity contribution in [2.45, 2.75) is 25.2 Å². The normalized spacial score (nSPS) is 12.8. The number of phenols is 2.